The van der Waals surface area contributed by atoms with Gasteiger partial charge in [0.05, 0.1) is 5.56 Å². The summed E-state index contributed by atoms with van der Waals surface area (Å²) in [6.07, 6.45) is -3.98. The predicted molar refractivity (Wildman–Crippen MR) is 125 cm³/mol. The number of hydrogen-bond donors (Lipinski definition) is 2. The number of hydrogen-bond acceptors (Lipinski definition) is 4. The van der Waals surface area contributed by atoms with Gasteiger partial charge in [-0.15, -0.1) is 0 Å². The number of carbonyl (C=O) groups excluding carboxylic acids is 3. The molecule has 1 aliphatic rings. The Hall–Kier alpha value is -3.56. The number of piperidine rings is 1. The lowest BCUT2D eigenvalue weighted by Gasteiger charge is -2.32. The highest BCUT2D eigenvalue weighted by molar-refractivity contribution is 6.05. The molecule has 1 heterocycles. The first-order valence-corrected chi connectivity index (χ1v) is 11.2. The Labute approximate surface area is 201 Å². The van der Waals surface area contributed by atoms with Crippen LogP contribution in [0.2, 0.25) is 0 Å². The Kier molecular flexibility index (Phi) is 7.72. The molecule has 0 spiro atoms. The van der Waals surface area contributed by atoms with Crippen LogP contribution in [0.3, 0.4) is 0 Å². The maximum Gasteiger partial charge on any atom is 0.416 e. The Bertz CT molecular complexity index is 1090. The van der Waals surface area contributed by atoms with E-state index in [0.29, 0.717) is 31.6 Å². The molecule has 3 amide bonds. The van der Waals surface area contributed by atoms with E-state index in [2.05, 4.69) is 10.6 Å². The summed E-state index contributed by atoms with van der Waals surface area (Å²) >= 11 is 0. The zero-order chi connectivity index (χ0) is 25.8. The quantitative estimate of drug-likeness (QED) is 0.588. The first kappa shape index (κ1) is 26.1. The maximum atomic E-state index is 12.9. The molecular weight excluding hydrogens is 463 g/mol. The molecule has 7 nitrogen and oxygen atoms in total. The molecule has 0 unspecified atom stereocenters. The van der Waals surface area contributed by atoms with Gasteiger partial charge in [-0.2, -0.15) is 13.2 Å². The molecule has 3 rings (SSSR count). The first-order chi connectivity index (χ1) is 16.3. The van der Waals surface area contributed by atoms with Crippen molar-refractivity contribution in [2.45, 2.75) is 45.4 Å². The summed E-state index contributed by atoms with van der Waals surface area (Å²) in [5, 5.41) is 5.22. The van der Waals surface area contributed by atoms with Crippen molar-refractivity contribution in [2.24, 2.45) is 5.92 Å². The van der Waals surface area contributed by atoms with Gasteiger partial charge in [0.2, 0.25) is 5.91 Å². The first-order valence-electron chi connectivity index (χ1n) is 11.2. The molecule has 2 aromatic rings. The second-order valence-corrected chi connectivity index (χ2v) is 9.34. The summed E-state index contributed by atoms with van der Waals surface area (Å²) in [5.74, 6) is -1.15. The molecule has 0 aliphatic carbocycles. The van der Waals surface area contributed by atoms with Crippen molar-refractivity contribution >= 4 is 29.3 Å². The highest BCUT2D eigenvalue weighted by Crippen LogP contribution is 2.31. The van der Waals surface area contributed by atoms with Crippen molar-refractivity contribution < 1.29 is 32.3 Å². The monoisotopic (exact) mass is 491 g/mol. The molecule has 1 aliphatic heterocycles. The predicted octanol–water partition coefficient (Wildman–Crippen LogP) is 5.54. The zero-order valence-electron chi connectivity index (χ0n) is 19.7. The number of carbonyl (C=O) groups is 3. The normalized spacial score (nSPS) is 14.9. The van der Waals surface area contributed by atoms with Crippen LogP contribution in [0.4, 0.5) is 29.3 Å². The molecule has 0 radical (unpaired) electrons. The second-order valence-electron chi connectivity index (χ2n) is 9.34. The minimum absolute atomic E-state index is 0.0102. The summed E-state index contributed by atoms with van der Waals surface area (Å²) in [4.78, 5) is 39.1. The number of nitrogens with zero attached hydrogens (tertiary/aromatic N) is 1. The summed E-state index contributed by atoms with van der Waals surface area (Å²) in [5.41, 5.74) is -0.879. The van der Waals surface area contributed by atoms with E-state index in [9.17, 15) is 27.6 Å². The average Bonchev–Trinajstić information content (AvgIpc) is 2.78. The third-order valence-electron chi connectivity index (χ3n) is 5.36. The number of anilines is 2. The smallest absolute Gasteiger partial charge is 0.416 e. The zero-order valence-corrected chi connectivity index (χ0v) is 19.7. The largest absolute Gasteiger partial charge is 0.444 e. The fourth-order valence-corrected chi connectivity index (χ4v) is 3.61. The number of amides is 3. The van der Waals surface area contributed by atoms with Crippen LogP contribution in [-0.2, 0) is 15.7 Å². The fourth-order valence-electron chi connectivity index (χ4n) is 3.61. The van der Waals surface area contributed by atoms with Gasteiger partial charge in [0.25, 0.3) is 5.91 Å². The van der Waals surface area contributed by atoms with E-state index in [1.54, 1.807) is 37.8 Å². The van der Waals surface area contributed by atoms with Crippen molar-refractivity contribution in [2.75, 3.05) is 23.7 Å². The Morgan fingerprint density at radius 3 is 2.11 bits per heavy atom. The Balaban J connectivity index is 1.57. The molecular formula is C25H28F3N3O4. The van der Waals surface area contributed by atoms with E-state index >= 15 is 0 Å². The highest BCUT2D eigenvalue weighted by Gasteiger charge is 2.31. The van der Waals surface area contributed by atoms with E-state index in [-0.39, 0.29) is 23.1 Å². The van der Waals surface area contributed by atoms with Crippen LogP contribution in [0, 0.1) is 5.92 Å². The average molecular weight is 492 g/mol. The summed E-state index contributed by atoms with van der Waals surface area (Å²) < 4.78 is 44.1. The second kappa shape index (κ2) is 10.4. The SMILES string of the molecule is CC(C)(C)OC(=O)N1CCC(C(=O)Nc2cccc(C(=O)Nc3cccc(C(F)(F)F)c3)c2)CC1. The number of nitrogens with one attached hydrogen (secondary N) is 2. The molecule has 35 heavy (non-hydrogen) atoms. The molecule has 0 saturated carbocycles. The van der Waals surface area contributed by atoms with Gasteiger partial charge in [-0.1, -0.05) is 12.1 Å². The summed E-state index contributed by atoms with van der Waals surface area (Å²) in [7, 11) is 0. The number of rotatable bonds is 4. The lowest BCUT2D eigenvalue weighted by molar-refractivity contribution is -0.137. The summed E-state index contributed by atoms with van der Waals surface area (Å²) in [6, 6.07) is 10.5. The van der Waals surface area contributed by atoms with Crippen molar-refractivity contribution in [1.29, 1.82) is 0 Å². The topological polar surface area (TPSA) is 87.7 Å². The van der Waals surface area contributed by atoms with E-state index in [0.717, 1.165) is 12.1 Å². The van der Waals surface area contributed by atoms with Gasteiger partial charge in [0.1, 0.15) is 5.60 Å². The molecule has 0 bridgehead atoms. The lowest BCUT2D eigenvalue weighted by atomic mass is 9.96. The molecule has 10 heteroatoms. The standard InChI is InChI=1S/C25H28F3N3O4/c1-24(2,3)35-23(34)31-12-10-16(11-13-31)21(32)29-19-8-4-6-17(14-19)22(33)30-20-9-5-7-18(15-20)25(26,27)28/h4-9,14-16H,10-13H2,1-3H3,(H,29,32)(H,30,33). The number of ether oxygens (including phenoxy) is 1. The van der Waals surface area contributed by atoms with Crippen molar-refractivity contribution in [3.63, 3.8) is 0 Å². The van der Waals surface area contributed by atoms with Crippen LogP contribution in [0.15, 0.2) is 48.5 Å². The van der Waals surface area contributed by atoms with Gasteiger partial charge < -0.3 is 20.3 Å². The van der Waals surface area contributed by atoms with Crippen LogP contribution < -0.4 is 10.6 Å². The van der Waals surface area contributed by atoms with Crippen LogP contribution in [0.25, 0.3) is 0 Å². The number of benzene rings is 2. The third-order valence-corrected chi connectivity index (χ3v) is 5.36. The maximum absolute atomic E-state index is 12.9. The van der Waals surface area contributed by atoms with E-state index in [4.69, 9.17) is 4.74 Å². The van der Waals surface area contributed by atoms with Crippen LogP contribution >= 0.6 is 0 Å². The van der Waals surface area contributed by atoms with E-state index in [1.807, 2.05) is 0 Å². The van der Waals surface area contributed by atoms with Crippen molar-refractivity contribution in [1.82, 2.24) is 4.90 Å². The molecule has 0 atom stereocenters. The van der Waals surface area contributed by atoms with Gasteiger partial charge in [-0.3, -0.25) is 9.59 Å². The highest BCUT2D eigenvalue weighted by atomic mass is 19.4. The van der Waals surface area contributed by atoms with Crippen molar-refractivity contribution in [3.05, 3.63) is 59.7 Å². The van der Waals surface area contributed by atoms with Crippen LogP contribution in [0.1, 0.15) is 49.5 Å². The molecule has 2 N–H and O–H groups in total. The van der Waals surface area contributed by atoms with E-state index < -0.39 is 29.3 Å². The van der Waals surface area contributed by atoms with E-state index in [1.165, 1.54) is 24.3 Å². The van der Waals surface area contributed by atoms with Crippen LogP contribution in [0.5, 0.6) is 0 Å². The fraction of sp³-hybridized carbons (Fsp3) is 0.400. The van der Waals surface area contributed by atoms with Crippen molar-refractivity contribution in [3.8, 4) is 0 Å². The molecule has 1 saturated heterocycles. The number of alkyl halides is 3. The van der Waals surface area contributed by atoms with Gasteiger partial charge in [0, 0.05) is 35.9 Å². The third kappa shape index (κ3) is 7.46. The van der Waals surface area contributed by atoms with Gasteiger partial charge in [-0.25, -0.2) is 4.79 Å². The summed E-state index contributed by atoms with van der Waals surface area (Å²) in [6.45, 7) is 6.16. The Morgan fingerprint density at radius 1 is 0.914 bits per heavy atom. The number of likely N-dealkylation sites (tertiary alicyclic amines) is 1. The van der Waals surface area contributed by atoms with Crippen LogP contribution in [-0.4, -0.2) is 41.5 Å². The lowest BCUT2D eigenvalue weighted by Crippen LogP contribution is -2.43. The molecule has 1 fully saturated rings. The molecule has 2 aromatic carbocycles. The minimum atomic E-state index is -4.52. The molecule has 188 valence electrons. The molecule has 0 aromatic heterocycles. The Morgan fingerprint density at radius 2 is 1.51 bits per heavy atom. The van der Waals surface area contributed by atoms with Gasteiger partial charge in [-0.05, 0) is 70.0 Å². The minimum Gasteiger partial charge on any atom is -0.444 e. The van der Waals surface area contributed by atoms with Gasteiger partial charge in [0.15, 0.2) is 0 Å². The van der Waals surface area contributed by atoms with Gasteiger partial charge >= 0.3 is 12.3 Å². The number of halogens is 3.